The highest BCUT2D eigenvalue weighted by Gasteiger charge is 2.29. The van der Waals surface area contributed by atoms with Gasteiger partial charge in [0.15, 0.2) is 0 Å². The number of hydrogen-bond donors (Lipinski definition) is 3. The Morgan fingerprint density at radius 1 is 0.850 bits per heavy atom. The van der Waals surface area contributed by atoms with Crippen LogP contribution in [0.5, 0.6) is 0 Å². The van der Waals surface area contributed by atoms with Gasteiger partial charge in [-0.1, -0.05) is 25.0 Å². The SMILES string of the molecule is NC(=O)c1cccc(-c2ccnc(N[C@@H]3CCCC[C@H]3N[C@H]3CCCN(c4ccc(-n5cccn5)cc4)C3)c2)c1. The first-order chi connectivity index (χ1) is 19.6. The Labute approximate surface area is 235 Å². The number of primary amides is 1. The summed E-state index contributed by atoms with van der Waals surface area (Å²) in [6, 6.07) is 23.3. The second-order valence-corrected chi connectivity index (χ2v) is 10.9. The largest absolute Gasteiger partial charge is 0.370 e. The number of piperidine rings is 1. The maximum atomic E-state index is 11.7. The minimum Gasteiger partial charge on any atom is -0.370 e. The lowest BCUT2D eigenvalue weighted by atomic mass is 9.89. The molecule has 8 heteroatoms. The first-order valence-corrected chi connectivity index (χ1v) is 14.4. The number of amides is 1. The van der Waals surface area contributed by atoms with Gasteiger partial charge in [-0.05, 0) is 91.4 Å². The number of anilines is 2. The molecule has 3 heterocycles. The van der Waals surface area contributed by atoms with Crippen molar-refractivity contribution in [2.75, 3.05) is 23.3 Å². The average Bonchev–Trinajstić information content (AvgIpc) is 3.54. The zero-order chi connectivity index (χ0) is 27.3. The summed E-state index contributed by atoms with van der Waals surface area (Å²) in [5, 5.41) is 12.1. The Hall–Kier alpha value is -4.17. The number of rotatable bonds is 8. The van der Waals surface area contributed by atoms with Crippen molar-refractivity contribution in [2.24, 2.45) is 5.73 Å². The third kappa shape index (κ3) is 6.02. The number of carbonyl (C=O) groups is 1. The molecule has 0 unspecified atom stereocenters. The molecule has 206 valence electrons. The van der Waals surface area contributed by atoms with Crippen LogP contribution in [0.1, 0.15) is 48.9 Å². The van der Waals surface area contributed by atoms with Crippen LogP contribution in [0, 0.1) is 0 Å². The molecule has 2 aliphatic rings. The van der Waals surface area contributed by atoms with Crippen LogP contribution < -0.4 is 21.3 Å². The van der Waals surface area contributed by atoms with Crippen LogP contribution in [0.25, 0.3) is 16.8 Å². The molecule has 0 radical (unpaired) electrons. The van der Waals surface area contributed by atoms with Crippen molar-refractivity contribution in [3.05, 3.63) is 90.9 Å². The average molecular weight is 536 g/mol. The zero-order valence-corrected chi connectivity index (χ0v) is 22.7. The third-order valence-corrected chi connectivity index (χ3v) is 8.19. The number of nitrogens with one attached hydrogen (secondary N) is 2. The minimum absolute atomic E-state index is 0.317. The molecule has 2 fully saturated rings. The van der Waals surface area contributed by atoms with Gasteiger partial charge < -0.3 is 21.3 Å². The van der Waals surface area contributed by atoms with Gasteiger partial charge in [-0.25, -0.2) is 9.67 Å². The Morgan fingerprint density at radius 2 is 1.65 bits per heavy atom. The molecule has 2 aromatic carbocycles. The van der Waals surface area contributed by atoms with Crippen LogP contribution in [0.3, 0.4) is 0 Å². The Bertz CT molecular complexity index is 1420. The van der Waals surface area contributed by atoms with E-state index in [-0.39, 0.29) is 0 Å². The summed E-state index contributed by atoms with van der Waals surface area (Å²) in [6.45, 7) is 2.09. The van der Waals surface area contributed by atoms with Gasteiger partial charge in [-0.15, -0.1) is 0 Å². The molecule has 4 N–H and O–H groups in total. The number of hydrogen-bond acceptors (Lipinski definition) is 6. The van der Waals surface area contributed by atoms with Gasteiger partial charge >= 0.3 is 0 Å². The fourth-order valence-corrected chi connectivity index (χ4v) is 6.12. The second kappa shape index (κ2) is 11.9. The monoisotopic (exact) mass is 535 g/mol. The van der Waals surface area contributed by atoms with Crippen LogP contribution in [0.4, 0.5) is 11.5 Å². The van der Waals surface area contributed by atoms with Gasteiger partial charge in [0.25, 0.3) is 0 Å². The molecule has 0 spiro atoms. The molecule has 1 aliphatic heterocycles. The predicted octanol–water partition coefficient (Wildman–Crippen LogP) is 5.01. The van der Waals surface area contributed by atoms with Crippen molar-refractivity contribution in [1.82, 2.24) is 20.1 Å². The van der Waals surface area contributed by atoms with Crippen LogP contribution in [-0.2, 0) is 0 Å². The zero-order valence-electron chi connectivity index (χ0n) is 22.7. The van der Waals surface area contributed by atoms with Gasteiger partial charge in [0, 0.05) is 61.1 Å². The van der Waals surface area contributed by atoms with Crippen molar-refractivity contribution < 1.29 is 4.79 Å². The van der Waals surface area contributed by atoms with E-state index in [2.05, 4.69) is 55.9 Å². The molecular weight excluding hydrogens is 498 g/mol. The van der Waals surface area contributed by atoms with E-state index in [1.807, 2.05) is 47.4 Å². The van der Waals surface area contributed by atoms with Crippen molar-refractivity contribution >= 4 is 17.4 Å². The molecule has 40 heavy (non-hydrogen) atoms. The summed E-state index contributed by atoms with van der Waals surface area (Å²) in [5.74, 6) is 0.445. The Balaban J connectivity index is 1.11. The molecule has 1 amide bonds. The number of nitrogens with zero attached hydrogens (tertiary/aromatic N) is 4. The molecule has 1 aliphatic carbocycles. The van der Waals surface area contributed by atoms with Crippen molar-refractivity contribution in [3.63, 3.8) is 0 Å². The Morgan fingerprint density at radius 3 is 2.45 bits per heavy atom. The molecule has 2 aromatic heterocycles. The number of pyridine rings is 1. The van der Waals surface area contributed by atoms with E-state index in [1.165, 1.54) is 31.4 Å². The third-order valence-electron chi connectivity index (χ3n) is 8.19. The molecule has 8 nitrogen and oxygen atoms in total. The maximum absolute atomic E-state index is 11.7. The summed E-state index contributed by atoms with van der Waals surface area (Å²) < 4.78 is 1.89. The highest BCUT2D eigenvalue weighted by molar-refractivity contribution is 5.94. The van der Waals surface area contributed by atoms with Crippen molar-refractivity contribution in [2.45, 2.75) is 56.7 Å². The highest BCUT2D eigenvalue weighted by Crippen LogP contribution is 2.27. The summed E-state index contributed by atoms with van der Waals surface area (Å²) >= 11 is 0. The second-order valence-electron chi connectivity index (χ2n) is 10.9. The van der Waals surface area contributed by atoms with Crippen LogP contribution >= 0.6 is 0 Å². The molecule has 1 saturated carbocycles. The number of benzene rings is 2. The van der Waals surface area contributed by atoms with E-state index in [9.17, 15) is 4.79 Å². The van der Waals surface area contributed by atoms with E-state index in [1.54, 1.807) is 12.3 Å². The topological polar surface area (TPSA) is 101 Å². The van der Waals surface area contributed by atoms with Crippen LogP contribution in [0.15, 0.2) is 85.3 Å². The fraction of sp³-hybridized carbons (Fsp3) is 0.344. The smallest absolute Gasteiger partial charge is 0.248 e. The number of carbonyl (C=O) groups excluding carboxylic acids is 1. The fourth-order valence-electron chi connectivity index (χ4n) is 6.12. The molecule has 0 bridgehead atoms. The lowest BCUT2D eigenvalue weighted by Crippen LogP contribution is -2.55. The van der Waals surface area contributed by atoms with E-state index >= 15 is 0 Å². The Kier molecular flexibility index (Phi) is 7.77. The maximum Gasteiger partial charge on any atom is 0.248 e. The molecule has 6 rings (SSSR count). The lowest BCUT2D eigenvalue weighted by Gasteiger charge is -2.40. The van der Waals surface area contributed by atoms with Gasteiger partial charge in [-0.2, -0.15) is 5.10 Å². The normalized spacial score (nSPS) is 21.2. The minimum atomic E-state index is -0.419. The molecule has 3 atom stereocenters. The van der Waals surface area contributed by atoms with E-state index in [4.69, 9.17) is 5.73 Å². The summed E-state index contributed by atoms with van der Waals surface area (Å²) in [7, 11) is 0. The number of aromatic nitrogens is 3. The van der Waals surface area contributed by atoms with Crippen molar-refractivity contribution in [3.8, 4) is 16.8 Å². The standard InChI is InChI=1S/C32H37N7O/c33-32(40)25-7-3-6-23(20-25)24-15-17-34-31(21-24)37-30-10-2-1-9-29(30)36-26-8-4-18-38(22-26)27-11-13-28(14-12-27)39-19-5-16-35-39/h3,5-7,11-17,19-21,26,29-30,36H,1-2,4,8-10,18,22H2,(H2,33,40)(H,34,37)/t26-,29+,30+/m0/s1. The van der Waals surface area contributed by atoms with E-state index in [0.29, 0.717) is 23.7 Å². The van der Waals surface area contributed by atoms with E-state index in [0.717, 1.165) is 48.6 Å². The van der Waals surface area contributed by atoms with Gasteiger partial charge in [-0.3, -0.25) is 4.79 Å². The lowest BCUT2D eigenvalue weighted by molar-refractivity contribution is 0.100. The summed E-state index contributed by atoms with van der Waals surface area (Å²) in [4.78, 5) is 18.8. The van der Waals surface area contributed by atoms with Crippen LogP contribution in [0.2, 0.25) is 0 Å². The highest BCUT2D eigenvalue weighted by atomic mass is 16.1. The van der Waals surface area contributed by atoms with Gasteiger partial charge in [0.1, 0.15) is 5.82 Å². The molecular formula is C32H37N7O. The van der Waals surface area contributed by atoms with Crippen LogP contribution in [-0.4, -0.2) is 51.9 Å². The predicted molar refractivity (Wildman–Crippen MR) is 160 cm³/mol. The summed E-state index contributed by atoms with van der Waals surface area (Å²) in [5.41, 5.74) is 10.3. The first kappa shape index (κ1) is 26.1. The molecule has 1 saturated heterocycles. The first-order valence-electron chi connectivity index (χ1n) is 14.4. The molecule has 4 aromatic rings. The van der Waals surface area contributed by atoms with Gasteiger partial charge in [0.2, 0.25) is 5.91 Å². The summed E-state index contributed by atoms with van der Waals surface area (Å²) in [6.07, 6.45) is 12.7. The van der Waals surface area contributed by atoms with E-state index < -0.39 is 5.91 Å². The van der Waals surface area contributed by atoms with Crippen molar-refractivity contribution in [1.29, 1.82) is 0 Å². The number of nitrogens with two attached hydrogens (primary N) is 1. The van der Waals surface area contributed by atoms with Gasteiger partial charge in [0.05, 0.1) is 5.69 Å². The quantitative estimate of drug-likeness (QED) is 0.293.